The van der Waals surface area contributed by atoms with Crippen LogP contribution in [-0.2, 0) is 0 Å². The molecule has 0 unspecified atom stereocenters. The Labute approximate surface area is 331 Å². The molecule has 0 saturated carbocycles. The number of hydrogen-bond acceptors (Lipinski definition) is 9. The first-order valence-electron chi connectivity index (χ1n) is 15.8. The number of fused-ring (bicyclic) bond motifs is 2. The largest absolute Gasteiger partial charge is 0.573 e. The SMILES string of the molecule is CCC#N.COc1cc2cccc(Cl)c2nc1-c1ccccc1OC(F)(F)F.COc1cc2cccc(Cl)c2nc1Cl.OB(O)c1ccccc1OC(F)(F)F. The van der Waals surface area contributed by atoms with E-state index in [4.69, 9.17) is 59.6 Å². The first-order valence-corrected chi connectivity index (χ1v) is 16.9. The van der Waals surface area contributed by atoms with Crippen LogP contribution in [0.3, 0.4) is 0 Å². The van der Waals surface area contributed by atoms with E-state index in [1.54, 1.807) is 43.5 Å². The van der Waals surface area contributed by atoms with Gasteiger partial charge in [0, 0.05) is 28.2 Å². The highest BCUT2D eigenvalue weighted by molar-refractivity contribution is 6.59. The number of ether oxygens (including phenoxy) is 4. The molecule has 56 heavy (non-hydrogen) atoms. The van der Waals surface area contributed by atoms with Crippen LogP contribution in [-0.4, -0.2) is 54.1 Å². The molecule has 0 fully saturated rings. The molecule has 0 aliphatic heterocycles. The molecule has 2 heterocycles. The quantitative estimate of drug-likeness (QED) is 0.0957. The van der Waals surface area contributed by atoms with Crippen LogP contribution in [0.1, 0.15) is 13.3 Å². The van der Waals surface area contributed by atoms with Crippen LogP contribution in [0.15, 0.2) is 97.1 Å². The fourth-order valence-corrected chi connectivity index (χ4v) is 5.21. The fraction of sp³-hybridized carbons (Fsp3) is 0.162. The molecule has 0 aliphatic carbocycles. The minimum Gasteiger partial charge on any atom is -0.494 e. The third-order valence-corrected chi connectivity index (χ3v) is 7.75. The van der Waals surface area contributed by atoms with Crippen LogP contribution < -0.4 is 24.4 Å². The topological polar surface area (TPSA) is 127 Å². The van der Waals surface area contributed by atoms with E-state index in [0.717, 1.165) is 22.9 Å². The van der Waals surface area contributed by atoms with E-state index in [0.29, 0.717) is 44.2 Å². The molecule has 2 N–H and O–H groups in total. The van der Waals surface area contributed by atoms with Gasteiger partial charge < -0.3 is 29.0 Å². The number of aromatic nitrogens is 2. The second-order valence-corrected chi connectivity index (χ2v) is 11.8. The molecule has 0 radical (unpaired) electrons. The number of alkyl halides is 6. The normalized spacial score (nSPS) is 10.7. The van der Waals surface area contributed by atoms with Crippen molar-refractivity contribution in [3.63, 3.8) is 0 Å². The maximum atomic E-state index is 12.6. The first-order chi connectivity index (χ1) is 26.4. The summed E-state index contributed by atoms with van der Waals surface area (Å²) in [5.74, 6) is -0.0957. The average molecular weight is 843 g/mol. The van der Waals surface area contributed by atoms with Crippen molar-refractivity contribution in [1.82, 2.24) is 9.97 Å². The highest BCUT2D eigenvalue weighted by Crippen LogP contribution is 2.39. The van der Waals surface area contributed by atoms with E-state index < -0.39 is 25.6 Å². The summed E-state index contributed by atoms with van der Waals surface area (Å²) >= 11 is 18.0. The summed E-state index contributed by atoms with van der Waals surface area (Å²) in [7, 11) is 0.984. The molecule has 0 atom stereocenters. The second-order valence-electron chi connectivity index (χ2n) is 10.7. The van der Waals surface area contributed by atoms with Gasteiger partial charge in [0.2, 0.25) is 0 Å². The van der Waals surface area contributed by atoms with Crippen molar-refractivity contribution in [1.29, 1.82) is 5.26 Å². The number of halogens is 9. The van der Waals surface area contributed by atoms with E-state index >= 15 is 0 Å². The lowest BCUT2D eigenvalue weighted by molar-refractivity contribution is -0.275. The lowest BCUT2D eigenvalue weighted by atomic mass is 9.80. The Hall–Kier alpha value is -5.18. The van der Waals surface area contributed by atoms with Gasteiger partial charge in [-0.1, -0.05) is 96.3 Å². The van der Waals surface area contributed by atoms with E-state index in [1.165, 1.54) is 37.4 Å². The van der Waals surface area contributed by atoms with Crippen LogP contribution in [0.5, 0.6) is 23.0 Å². The zero-order valence-electron chi connectivity index (χ0n) is 29.3. The molecule has 0 spiro atoms. The number of nitriles is 1. The summed E-state index contributed by atoms with van der Waals surface area (Å²) in [5, 5.41) is 28.0. The maximum absolute atomic E-state index is 12.6. The Kier molecular flexibility index (Phi) is 16.7. The van der Waals surface area contributed by atoms with E-state index in [9.17, 15) is 26.3 Å². The smallest absolute Gasteiger partial charge is 0.494 e. The highest BCUT2D eigenvalue weighted by atomic mass is 35.5. The molecule has 294 valence electrons. The summed E-state index contributed by atoms with van der Waals surface area (Å²) in [5.41, 5.74) is 1.22. The molecule has 0 amide bonds. The van der Waals surface area contributed by atoms with Crippen LogP contribution in [0.2, 0.25) is 15.2 Å². The molecule has 0 aliphatic rings. The van der Waals surface area contributed by atoms with Gasteiger partial charge in [0.05, 0.1) is 41.4 Å². The molecule has 0 bridgehead atoms. The first kappa shape index (κ1) is 45.2. The number of methoxy groups -OCH3 is 2. The minimum absolute atomic E-state index is 0.161. The number of rotatable bonds is 6. The number of benzene rings is 4. The lowest BCUT2D eigenvalue weighted by Gasteiger charge is -2.15. The van der Waals surface area contributed by atoms with Gasteiger partial charge in [-0.15, -0.1) is 26.3 Å². The molecular weight excluding hydrogens is 814 g/mol. The zero-order chi connectivity index (χ0) is 41.6. The second kappa shape index (κ2) is 20.7. The molecule has 6 rings (SSSR count). The van der Waals surface area contributed by atoms with Gasteiger partial charge in [0.25, 0.3) is 0 Å². The summed E-state index contributed by atoms with van der Waals surface area (Å²) in [4.78, 5) is 8.56. The number of para-hydroxylation sites is 4. The van der Waals surface area contributed by atoms with Gasteiger partial charge >= 0.3 is 19.8 Å². The summed E-state index contributed by atoms with van der Waals surface area (Å²) in [6.07, 6.45) is -9.02. The van der Waals surface area contributed by atoms with Crippen molar-refractivity contribution in [2.45, 2.75) is 26.1 Å². The number of nitrogens with zero attached hydrogens (tertiary/aromatic N) is 3. The number of pyridine rings is 2. The van der Waals surface area contributed by atoms with Crippen LogP contribution in [0.4, 0.5) is 26.3 Å². The van der Waals surface area contributed by atoms with Crippen LogP contribution in [0.25, 0.3) is 33.1 Å². The van der Waals surface area contributed by atoms with Gasteiger partial charge in [-0.25, -0.2) is 9.97 Å². The Morgan fingerprint density at radius 1 is 0.661 bits per heavy atom. The Bertz CT molecular complexity index is 2280. The molecule has 0 saturated heterocycles. The van der Waals surface area contributed by atoms with Gasteiger partial charge in [-0.2, -0.15) is 5.26 Å². The Balaban J connectivity index is 0.000000226. The molecule has 19 heteroatoms. The monoisotopic (exact) mass is 841 g/mol. The van der Waals surface area contributed by atoms with Crippen molar-refractivity contribution < 1.29 is 55.3 Å². The maximum Gasteiger partial charge on any atom is 0.573 e. The highest BCUT2D eigenvalue weighted by Gasteiger charge is 2.34. The standard InChI is InChI=1S/C17H11ClF3NO2.C10H7Cl2NO.C7H6BF3O3.C3H5N/c1-23-14-9-10-5-4-7-12(18)15(10)22-16(14)11-6-2-3-8-13(11)24-17(19,20)21;1-14-8-5-6-3-2-4-7(11)9(6)13-10(8)12;9-7(10,11)14-6-4-2-1-3-5(6)8(12)13;1-2-3-4/h2-9H,1H3;2-5H,1H3;1-4,12-13H;2H2,1H3. The van der Waals surface area contributed by atoms with E-state index in [2.05, 4.69) is 19.4 Å². The van der Waals surface area contributed by atoms with Gasteiger partial charge in [0.15, 0.2) is 10.9 Å². The summed E-state index contributed by atoms with van der Waals surface area (Å²) in [6, 6.07) is 26.7. The Morgan fingerprint density at radius 2 is 1.12 bits per heavy atom. The summed E-state index contributed by atoms with van der Waals surface area (Å²) < 4.78 is 91.3. The molecule has 6 aromatic rings. The van der Waals surface area contributed by atoms with Crippen molar-refractivity contribution in [2.24, 2.45) is 0 Å². The van der Waals surface area contributed by atoms with Crippen molar-refractivity contribution in [2.75, 3.05) is 14.2 Å². The van der Waals surface area contributed by atoms with Gasteiger partial charge in [-0.3, -0.25) is 0 Å². The van der Waals surface area contributed by atoms with Crippen molar-refractivity contribution >= 4 is 69.2 Å². The minimum atomic E-state index is -4.84. The molecular formula is C37H29BCl3F6N3O6. The van der Waals surface area contributed by atoms with Crippen molar-refractivity contribution in [3.8, 4) is 40.3 Å². The van der Waals surface area contributed by atoms with E-state index in [-0.39, 0.29) is 22.5 Å². The molecule has 2 aromatic heterocycles. The fourth-order valence-electron chi connectivity index (χ4n) is 4.54. The predicted molar refractivity (Wildman–Crippen MR) is 203 cm³/mol. The third kappa shape index (κ3) is 13.2. The van der Waals surface area contributed by atoms with Gasteiger partial charge in [0.1, 0.15) is 22.9 Å². The van der Waals surface area contributed by atoms with Crippen molar-refractivity contribution in [3.05, 3.63) is 112 Å². The van der Waals surface area contributed by atoms with E-state index in [1.807, 2.05) is 31.2 Å². The lowest BCUT2D eigenvalue weighted by Crippen LogP contribution is -2.33. The van der Waals surface area contributed by atoms with Gasteiger partial charge in [-0.05, 0) is 42.5 Å². The molecule has 4 aromatic carbocycles. The number of hydrogen-bond donors (Lipinski definition) is 2. The van der Waals surface area contributed by atoms with Crippen LogP contribution in [0, 0.1) is 11.3 Å². The average Bonchev–Trinajstić information content (AvgIpc) is 3.14. The van der Waals surface area contributed by atoms with Crippen LogP contribution >= 0.6 is 34.8 Å². The summed E-state index contributed by atoms with van der Waals surface area (Å²) in [6.45, 7) is 1.82. The Morgan fingerprint density at radius 3 is 1.62 bits per heavy atom. The third-order valence-electron chi connectivity index (χ3n) is 6.87. The molecule has 9 nitrogen and oxygen atoms in total. The predicted octanol–water partition coefficient (Wildman–Crippen LogP) is 10.2. The zero-order valence-corrected chi connectivity index (χ0v) is 31.6.